The fraction of sp³-hybridized carbons (Fsp3) is 0.0769. The average Bonchev–Trinajstić information content (AvgIpc) is 2.39. The maximum atomic E-state index is 13.7. The smallest absolute Gasteiger partial charge is 0.341 e. The number of benzene rings is 1. The van der Waals surface area contributed by atoms with Gasteiger partial charge < -0.3 is 5.11 Å². The summed E-state index contributed by atoms with van der Waals surface area (Å²) in [5.74, 6) is -2.79. The summed E-state index contributed by atoms with van der Waals surface area (Å²) in [4.78, 5) is 34.3. The van der Waals surface area contributed by atoms with Gasteiger partial charge in [0.25, 0.3) is 5.56 Å². The number of para-hydroxylation sites is 1. The summed E-state index contributed by atoms with van der Waals surface area (Å²) < 4.78 is 14.3. The lowest BCUT2D eigenvalue weighted by Crippen LogP contribution is -2.29. The van der Waals surface area contributed by atoms with Gasteiger partial charge in [-0.15, -0.1) is 0 Å². The molecule has 0 fully saturated rings. The van der Waals surface area contributed by atoms with Crippen LogP contribution in [0.5, 0.6) is 0 Å². The fourth-order valence-electron chi connectivity index (χ4n) is 1.61. The summed E-state index contributed by atoms with van der Waals surface area (Å²) in [5, 5.41) is 12.7. The van der Waals surface area contributed by atoms with E-state index < -0.39 is 28.7 Å². The van der Waals surface area contributed by atoms with Crippen molar-refractivity contribution in [2.75, 3.05) is 0 Å². The topological polar surface area (TPSA) is 89.3 Å². The van der Waals surface area contributed by atoms with Crippen LogP contribution in [0.2, 0.25) is 0 Å². The molecule has 0 spiro atoms. The molecule has 0 aliphatic carbocycles. The Balaban J connectivity index is 2.82. The minimum atomic E-state index is -1.51. The van der Waals surface area contributed by atoms with Crippen molar-refractivity contribution in [1.29, 1.82) is 0 Å². The SMILES string of the molecule is CC(=O)c1cc(C(=O)O)c(=O)n(-c2ccccc2F)n1. The molecule has 0 saturated carbocycles. The summed E-state index contributed by atoms with van der Waals surface area (Å²) in [6.07, 6.45) is 0. The van der Waals surface area contributed by atoms with E-state index in [4.69, 9.17) is 5.11 Å². The lowest BCUT2D eigenvalue weighted by Gasteiger charge is -2.08. The van der Waals surface area contributed by atoms with Crippen LogP contribution in [0, 0.1) is 5.82 Å². The van der Waals surface area contributed by atoms with Gasteiger partial charge in [0.1, 0.15) is 22.8 Å². The molecule has 1 N–H and O–H groups in total. The number of rotatable bonds is 3. The summed E-state index contributed by atoms with van der Waals surface area (Å²) in [6, 6.07) is 6.12. The number of ketones is 1. The monoisotopic (exact) mass is 276 g/mol. The van der Waals surface area contributed by atoms with Gasteiger partial charge >= 0.3 is 5.97 Å². The highest BCUT2D eigenvalue weighted by Crippen LogP contribution is 2.10. The molecule has 0 radical (unpaired) electrons. The third kappa shape index (κ3) is 2.33. The van der Waals surface area contributed by atoms with Gasteiger partial charge in [0.2, 0.25) is 0 Å². The molecule has 0 aliphatic rings. The van der Waals surface area contributed by atoms with Crippen LogP contribution in [0.1, 0.15) is 27.8 Å². The number of Topliss-reactive ketones (excluding diaryl/α,β-unsaturated/α-hetero) is 1. The quantitative estimate of drug-likeness (QED) is 0.853. The van der Waals surface area contributed by atoms with Crippen LogP contribution in [-0.2, 0) is 0 Å². The van der Waals surface area contributed by atoms with Crippen molar-refractivity contribution in [2.24, 2.45) is 0 Å². The van der Waals surface area contributed by atoms with Crippen molar-refractivity contribution < 1.29 is 19.1 Å². The number of hydrogen-bond acceptors (Lipinski definition) is 4. The van der Waals surface area contributed by atoms with Gasteiger partial charge in [0.15, 0.2) is 5.78 Å². The molecule has 2 rings (SSSR count). The predicted molar refractivity (Wildman–Crippen MR) is 66.8 cm³/mol. The van der Waals surface area contributed by atoms with Crippen molar-refractivity contribution in [3.63, 3.8) is 0 Å². The molecule has 0 amide bonds. The predicted octanol–water partition coefficient (Wildman–Crippen LogP) is 1.27. The third-order valence-corrected chi connectivity index (χ3v) is 2.58. The van der Waals surface area contributed by atoms with E-state index in [0.29, 0.717) is 4.68 Å². The van der Waals surface area contributed by atoms with Crippen molar-refractivity contribution in [3.05, 3.63) is 57.8 Å². The molecule has 1 heterocycles. The van der Waals surface area contributed by atoms with Gasteiger partial charge in [-0.2, -0.15) is 9.78 Å². The molecule has 0 atom stereocenters. The molecular weight excluding hydrogens is 267 g/mol. The summed E-state index contributed by atoms with van der Waals surface area (Å²) in [6.45, 7) is 1.17. The Kier molecular flexibility index (Phi) is 3.43. The highest BCUT2D eigenvalue weighted by molar-refractivity contribution is 5.95. The molecule has 0 bridgehead atoms. The van der Waals surface area contributed by atoms with E-state index >= 15 is 0 Å². The molecule has 6 nitrogen and oxygen atoms in total. The Morgan fingerprint density at radius 3 is 2.50 bits per heavy atom. The maximum absolute atomic E-state index is 13.7. The van der Waals surface area contributed by atoms with Crippen molar-refractivity contribution in [2.45, 2.75) is 6.92 Å². The zero-order valence-corrected chi connectivity index (χ0v) is 10.3. The average molecular weight is 276 g/mol. The second-order valence-electron chi connectivity index (χ2n) is 3.97. The van der Waals surface area contributed by atoms with Gasteiger partial charge in [0.05, 0.1) is 0 Å². The van der Waals surface area contributed by atoms with E-state index in [9.17, 15) is 18.8 Å². The number of carbonyl (C=O) groups is 2. The Morgan fingerprint density at radius 2 is 1.95 bits per heavy atom. The second-order valence-corrected chi connectivity index (χ2v) is 3.97. The van der Waals surface area contributed by atoms with Gasteiger partial charge in [-0.1, -0.05) is 12.1 Å². The van der Waals surface area contributed by atoms with Crippen LogP contribution >= 0.6 is 0 Å². The maximum Gasteiger partial charge on any atom is 0.341 e. The number of carbonyl (C=O) groups excluding carboxylic acids is 1. The molecule has 0 saturated heterocycles. The fourth-order valence-corrected chi connectivity index (χ4v) is 1.61. The standard InChI is InChI=1S/C13H9FN2O4/c1-7(17)10-6-8(13(19)20)12(18)16(15-10)11-5-3-2-4-9(11)14/h2-6H,1H3,(H,19,20). The molecule has 102 valence electrons. The number of carboxylic acid groups (broad SMARTS) is 1. The van der Waals surface area contributed by atoms with Crippen molar-refractivity contribution in [1.82, 2.24) is 9.78 Å². The molecule has 7 heteroatoms. The van der Waals surface area contributed by atoms with Crippen molar-refractivity contribution in [3.8, 4) is 5.69 Å². The molecule has 2 aromatic rings. The summed E-state index contributed by atoms with van der Waals surface area (Å²) in [5.41, 5.74) is -2.10. The molecular formula is C13H9FN2O4. The van der Waals surface area contributed by atoms with Crippen molar-refractivity contribution >= 4 is 11.8 Å². The number of nitrogens with zero attached hydrogens (tertiary/aromatic N) is 2. The Labute approximate surface area is 112 Å². The van der Waals surface area contributed by atoms with E-state index in [-0.39, 0.29) is 11.4 Å². The normalized spacial score (nSPS) is 10.3. The van der Waals surface area contributed by atoms with Gasteiger partial charge in [-0.25, -0.2) is 9.18 Å². The molecule has 20 heavy (non-hydrogen) atoms. The van der Waals surface area contributed by atoms with E-state index in [1.54, 1.807) is 0 Å². The van der Waals surface area contributed by atoms with Gasteiger partial charge in [-0.05, 0) is 18.2 Å². The number of aromatic carboxylic acids is 1. The first-order valence-corrected chi connectivity index (χ1v) is 5.55. The van der Waals surface area contributed by atoms with Crippen LogP contribution in [-0.4, -0.2) is 26.6 Å². The molecule has 0 unspecified atom stereocenters. The zero-order chi connectivity index (χ0) is 14.9. The Morgan fingerprint density at radius 1 is 1.30 bits per heavy atom. The number of halogens is 1. The lowest BCUT2D eigenvalue weighted by atomic mass is 10.2. The van der Waals surface area contributed by atoms with Gasteiger partial charge in [0, 0.05) is 6.92 Å². The summed E-state index contributed by atoms with van der Waals surface area (Å²) >= 11 is 0. The molecule has 1 aromatic heterocycles. The number of hydrogen-bond donors (Lipinski definition) is 1. The first kappa shape index (κ1) is 13.6. The van der Waals surface area contributed by atoms with E-state index in [1.807, 2.05) is 0 Å². The third-order valence-electron chi connectivity index (χ3n) is 2.58. The van der Waals surface area contributed by atoms with Crippen LogP contribution in [0.4, 0.5) is 4.39 Å². The van der Waals surface area contributed by atoms with Gasteiger partial charge in [-0.3, -0.25) is 9.59 Å². The van der Waals surface area contributed by atoms with Crippen LogP contribution < -0.4 is 5.56 Å². The van der Waals surface area contributed by atoms with E-state index in [1.165, 1.54) is 25.1 Å². The summed E-state index contributed by atoms with van der Waals surface area (Å²) in [7, 11) is 0. The minimum absolute atomic E-state index is 0.219. The largest absolute Gasteiger partial charge is 0.477 e. The van der Waals surface area contributed by atoms with Crippen LogP contribution in [0.3, 0.4) is 0 Å². The first-order valence-electron chi connectivity index (χ1n) is 5.55. The first-order chi connectivity index (χ1) is 9.41. The minimum Gasteiger partial charge on any atom is -0.477 e. The molecule has 0 aliphatic heterocycles. The Bertz CT molecular complexity index is 767. The second kappa shape index (κ2) is 5.04. The molecule has 1 aromatic carbocycles. The van der Waals surface area contributed by atoms with E-state index in [2.05, 4.69) is 5.10 Å². The number of aromatic nitrogens is 2. The zero-order valence-electron chi connectivity index (χ0n) is 10.3. The lowest BCUT2D eigenvalue weighted by molar-refractivity contribution is 0.0694. The van der Waals surface area contributed by atoms with Crippen LogP contribution in [0.25, 0.3) is 5.69 Å². The van der Waals surface area contributed by atoms with E-state index in [0.717, 1.165) is 12.1 Å². The highest BCUT2D eigenvalue weighted by atomic mass is 19.1. The Hall–Kier alpha value is -2.83. The van der Waals surface area contributed by atoms with Crippen LogP contribution in [0.15, 0.2) is 35.1 Å². The highest BCUT2D eigenvalue weighted by Gasteiger charge is 2.18. The number of carboxylic acids is 1.